The number of hydrogen-bond acceptors (Lipinski definition) is 4. The topological polar surface area (TPSA) is 91.6 Å². The number of halogens is 1. The molecule has 1 aromatic carbocycles. The molecule has 0 fully saturated rings. The third-order valence-electron chi connectivity index (χ3n) is 2.79. The number of benzene rings is 1. The van der Waals surface area contributed by atoms with Crippen LogP contribution < -0.4 is 10.6 Å². The number of nitrogens with one attached hydrogen (secondary N) is 2. The average Bonchev–Trinajstić information content (AvgIpc) is 3.06. The molecule has 0 spiro atoms. The standard InChI is InChI=1S/C16H15BrN2O4/c17-12-4-1-3-11(9-12)10-13(15(21)18-6-7-20)19-16(22)14-5-2-8-23-14/h1-5,8-10,20H,6-7H2,(H,18,21)(H,19,22). The van der Waals surface area contributed by atoms with Crippen molar-refractivity contribution in [2.75, 3.05) is 13.2 Å². The van der Waals surface area contributed by atoms with E-state index in [0.29, 0.717) is 0 Å². The van der Waals surface area contributed by atoms with Gasteiger partial charge in [0.1, 0.15) is 5.70 Å². The second-order valence-corrected chi connectivity index (χ2v) is 5.44. The molecule has 0 aliphatic rings. The van der Waals surface area contributed by atoms with Crippen molar-refractivity contribution >= 4 is 33.8 Å². The van der Waals surface area contributed by atoms with Crippen LogP contribution in [0.1, 0.15) is 16.1 Å². The summed E-state index contributed by atoms with van der Waals surface area (Å²) in [4.78, 5) is 24.2. The average molecular weight is 379 g/mol. The van der Waals surface area contributed by atoms with Crippen molar-refractivity contribution in [1.82, 2.24) is 10.6 Å². The zero-order valence-electron chi connectivity index (χ0n) is 12.1. The molecule has 2 amide bonds. The highest BCUT2D eigenvalue weighted by molar-refractivity contribution is 9.10. The van der Waals surface area contributed by atoms with E-state index in [2.05, 4.69) is 26.6 Å². The summed E-state index contributed by atoms with van der Waals surface area (Å²) in [6.07, 6.45) is 2.91. The molecular formula is C16H15BrN2O4. The number of rotatable bonds is 6. The molecule has 6 nitrogen and oxygen atoms in total. The van der Waals surface area contributed by atoms with Gasteiger partial charge in [0, 0.05) is 11.0 Å². The number of aliphatic hydroxyl groups excluding tert-OH is 1. The molecule has 2 aromatic rings. The quantitative estimate of drug-likeness (QED) is 0.669. The maximum Gasteiger partial charge on any atom is 0.291 e. The molecular weight excluding hydrogens is 364 g/mol. The molecule has 0 atom stereocenters. The van der Waals surface area contributed by atoms with Gasteiger partial charge in [-0.3, -0.25) is 9.59 Å². The minimum atomic E-state index is -0.532. The van der Waals surface area contributed by atoms with Gasteiger partial charge in [-0.15, -0.1) is 0 Å². The van der Waals surface area contributed by atoms with E-state index < -0.39 is 11.8 Å². The van der Waals surface area contributed by atoms with Crippen LogP contribution in [0.3, 0.4) is 0 Å². The molecule has 1 aromatic heterocycles. The minimum Gasteiger partial charge on any atom is -0.459 e. The molecule has 7 heteroatoms. The minimum absolute atomic E-state index is 0.0537. The zero-order chi connectivity index (χ0) is 16.7. The Morgan fingerprint density at radius 2 is 2.09 bits per heavy atom. The van der Waals surface area contributed by atoms with Gasteiger partial charge in [0.25, 0.3) is 11.8 Å². The highest BCUT2D eigenvalue weighted by Gasteiger charge is 2.15. The molecule has 0 saturated carbocycles. The van der Waals surface area contributed by atoms with Crippen LogP contribution in [0.25, 0.3) is 6.08 Å². The lowest BCUT2D eigenvalue weighted by Gasteiger charge is -2.09. The van der Waals surface area contributed by atoms with Gasteiger partial charge >= 0.3 is 0 Å². The van der Waals surface area contributed by atoms with Gasteiger partial charge in [0.2, 0.25) is 0 Å². The fourth-order valence-electron chi connectivity index (χ4n) is 1.78. The summed E-state index contributed by atoms with van der Waals surface area (Å²) in [6.45, 7) is -0.104. The number of carbonyl (C=O) groups excluding carboxylic acids is 2. The molecule has 2 rings (SSSR count). The first-order valence-corrected chi connectivity index (χ1v) is 7.60. The lowest BCUT2D eigenvalue weighted by molar-refractivity contribution is -0.117. The molecule has 0 aliphatic carbocycles. The van der Waals surface area contributed by atoms with Gasteiger partial charge in [0.15, 0.2) is 5.76 Å². The first-order valence-electron chi connectivity index (χ1n) is 6.81. The second-order valence-electron chi connectivity index (χ2n) is 4.52. The first-order chi connectivity index (χ1) is 11.1. The van der Waals surface area contributed by atoms with E-state index >= 15 is 0 Å². The van der Waals surface area contributed by atoms with Crippen LogP contribution in [0.4, 0.5) is 0 Å². The van der Waals surface area contributed by atoms with Crippen molar-refractivity contribution in [2.24, 2.45) is 0 Å². The third kappa shape index (κ3) is 5.08. The van der Waals surface area contributed by atoms with Gasteiger partial charge in [-0.2, -0.15) is 0 Å². The van der Waals surface area contributed by atoms with E-state index in [1.54, 1.807) is 18.2 Å². The molecule has 0 bridgehead atoms. The number of hydrogen-bond donors (Lipinski definition) is 3. The molecule has 0 radical (unpaired) electrons. The van der Waals surface area contributed by atoms with Crippen LogP contribution in [0, 0.1) is 0 Å². The van der Waals surface area contributed by atoms with Crippen LogP contribution in [-0.4, -0.2) is 30.1 Å². The molecule has 0 aliphatic heterocycles. The number of furan rings is 1. The SMILES string of the molecule is O=C(NCCO)C(=Cc1cccc(Br)c1)NC(=O)c1ccco1. The van der Waals surface area contributed by atoms with Gasteiger partial charge in [-0.1, -0.05) is 28.1 Å². The van der Waals surface area contributed by atoms with Crippen molar-refractivity contribution in [3.8, 4) is 0 Å². The van der Waals surface area contributed by atoms with E-state index in [9.17, 15) is 9.59 Å². The fraction of sp³-hybridized carbons (Fsp3) is 0.125. The Labute approximate surface area is 141 Å². The van der Waals surface area contributed by atoms with E-state index in [1.165, 1.54) is 18.4 Å². The summed E-state index contributed by atoms with van der Waals surface area (Å²) in [5.74, 6) is -0.936. The Morgan fingerprint density at radius 3 is 2.74 bits per heavy atom. The van der Waals surface area contributed by atoms with Crippen molar-refractivity contribution in [3.05, 3.63) is 64.2 Å². The predicted molar refractivity (Wildman–Crippen MR) is 88.4 cm³/mol. The largest absolute Gasteiger partial charge is 0.459 e. The Hall–Kier alpha value is -2.38. The summed E-state index contributed by atoms with van der Waals surface area (Å²) in [7, 11) is 0. The monoisotopic (exact) mass is 378 g/mol. The number of aliphatic hydroxyl groups is 1. The summed E-state index contributed by atoms with van der Waals surface area (Å²) < 4.78 is 5.85. The summed E-state index contributed by atoms with van der Waals surface area (Å²) >= 11 is 3.35. The second kappa shape index (κ2) is 8.30. The van der Waals surface area contributed by atoms with Crippen molar-refractivity contribution in [3.63, 3.8) is 0 Å². The van der Waals surface area contributed by atoms with Crippen LogP contribution in [-0.2, 0) is 4.79 Å². The molecule has 1 heterocycles. The van der Waals surface area contributed by atoms with E-state index in [0.717, 1.165) is 10.0 Å². The summed E-state index contributed by atoms with van der Waals surface area (Å²) in [6, 6.07) is 10.3. The Balaban J connectivity index is 2.24. The van der Waals surface area contributed by atoms with Gasteiger partial charge in [-0.25, -0.2) is 0 Å². The van der Waals surface area contributed by atoms with Gasteiger partial charge in [0.05, 0.1) is 12.9 Å². The molecule has 120 valence electrons. The summed E-state index contributed by atoms with van der Waals surface area (Å²) in [5, 5.41) is 13.8. The van der Waals surface area contributed by atoms with Crippen molar-refractivity contribution in [1.29, 1.82) is 0 Å². The fourth-order valence-corrected chi connectivity index (χ4v) is 2.19. The molecule has 0 unspecified atom stereocenters. The van der Waals surface area contributed by atoms with E-state index in [1.807, 2.05) is 12.1 Å². The number of amides is 2. The Bertz CT molecular complexity index is 711. The van der Waals surface area contributed by atoms with Crippen LogP contribution in [0.5, 0.6) is 0 Å². The first kappa shape index (κ1) is 17.0. The van der Waals surface area contributed by atoms with Crippen LogP contribution in [0.15, 0.2) is 57.2 Å². The van der Waals surface area contributed by atoms with E-state index in [-0.39, 0.29) is 24.6 Å². The maximum atomic E-state index is 12.1. The summed E-state index contributed by atoms with van der Waals surface area (Å²) in [5.41, 5.74) is 0.784. The normalized spacial score (nSPS) is 11.1. The van der Waals surface area contributed by atoms with Gasteiger partial charge < -0.3 is 20.2 Å². The third-order valence-corrected chi connectivity index (χ3v) is 3.29. The highest BCUT2D eigenvalue weighted by Crippen LogP contribution is 2.14. The Morgan fingerprint density at radius 1 is 1.26 bits per heavy atom. The van der Waals surface area contributed by atoms with Crippen LogP contribution >= 0.6 is 15.9 Å². The van der Waals surface area contributed by atoms with Crippen molar-refractivity contribution < 1.29 is 19.1 Å². The molecule has 3 N–H and O–H groups in total. The lowest BCUT2D eigenvalue weighted by Crippen LogP contribution is -2.36. The van der Waals surface area contributed by atoms with Gasteiger partial charge in [-0.05, 0) is 35.9 Å². The zero-order valence-corrected chi connectivity index (χ0v) is 13.7. The smallest absolute Gasteiger partial charge is 0.291 e. The predicted octanol–water partition coefficient (Wildman–Crippen LogP) is 1.92. The van der Waals surface area contributed by atoms with Crippen LogP contribution in [0.2, 0.25) is 0 Å². The van der Waals surface area contributed by atoms with Crippen molar-refractivity contribution in [2.45, 2.75) is 0 Å². The van der Waals surface area contributed by atoms with E-state index in [4.69, 9.17) is 9.52 Å². The molecule has 0 saturated heterocycles. The maximum absolute atomic E-state index is 12.1. The lowest BCUT2D eigenvalue weighted by atomic mass is 10.2. The molecule has 23 heavy (non-hydrogen) atoms. The highest BCUT2D eigenvalue weighted by atomic mass is 79.9. The Kier molecular flexibility index (Phi) is 6.13. The number of carbonyl (C=O) groups is 2.